The first-order chi connectivity index (χ1) is 20.4. The third-order valence-corrected chi connectivity index (χ3v) is 9.39. The van der Waals surface area contributed by atoms with Gasteiger partial charge in [-0.1, -0.05) is 78.4 Å². The van der Waals surface area contributed by atoms with Crippen LogP contribution in [0.2, 0.25) is 0 Å². The summed E-state index contributed by atoms with van der Waals surface area (Å²) in [6.45, 7) is 0.845. The van der Waals surface area contributed by atoms with E-state index in [0.717, 1.165) is 33.4 Å². The fraction of sp³-hybridized carbons (Fsp3) is 0.188. The van der Waals surface area contributed by atoms with Crippen molar-refractivity contribution in [2.45, 2.75) is 24.2 Å². The van der Waals surface area contributed by atoms with E-state index in [1.54, 1.807) is 22.8 Å². The summed E-state index contributed by atoms with van der Waals surface area (Å²) in [5.74, 6) is 1.09. The first kappa shape index (κ1) is 28.1. The van der Waals surface area contributed by atoms with E-state index >= 15 is 0 Å². The fourth-order valence-corrected chi connectivity index (χ4v) is 6.58. The first-order valence-electron chi connectivity index (χ1n) is 13.8. The van der Waals surface area contributed by atoms with Crippen molar-refractivity contribution in [1.29, 1.82) is 0 Å². The smallest absolute Gasteiger partial charge is 0.240 e. The molecule has 6 rings (SSSR count). The standard InChI is InChI=1S/C32H30BrN5O3S/c33-28-21-35-38-31(18-29(37-32(28)38)27-11-4-5-12-30(27)39)34-19-22-7-6-8-23(17-22)20-36-42(40,41)26-15-13-25(14-16-26)24-9-2-1-3-10-24/h1-4,6-11,13-16,18,21,23,34,36,39H,5,12,17,19-20H2. The molecule has 2 heterocycles. The number of allylic oxidation sites excluding steroid dienone is 6. The van der Waals surface area contributed by atoms with E-state index in [4.69, 9.17) is 4.98 Å². The summed E-state index contributed by atoms with van der Waals surface area (Å²) in [6, 6.07) is 18.7. The number of nitrogens with one attached hydrogen (secondary N) is 2. The van der Waals surface area contributed by atoms with Gasteiger partial charge >= 0.3 is 0 Å². The summed E-state index contributed by atoms with van der Waals surface area (Å²) in [4.78, 5) is 4.97. The fourth-order valence-electron chi connectivity index (χ4n) is 5.14. The Bertz CT molecular complexity index is 1840. The SMILES string of the molecule is O=S(=O)(NCC1C=CC=C(CNc2cc(C3=C(O)CCC=C3)nc3c(Br)cnn23)C1)c1ccc(-c2ccccc2)cc1. The van der Waals surface area contributed by atoms with Crippen LogP contribution in [0.25, 0.3) is 22.3 Å². The molecule has 0 radical (unpaired) electrons. The number of aliphatic hydroxyl groups is 1. The topological polar surface area (TPSA) is 109 Å². The summed E-state index contributed by atoms with van der Waals surface area (Å²) in [5, 5.41) is 18.4. The van der Waals surface area contributed by atoms with E-state index in [1.807, 2.05) is 72.8 Å². The van der Waals surface area contributed by atoms with Crippen molar-refractivity contribution >= 4 is 43.0 Å². The molecule has 2 aromatic heterocycles. The molecule has 8 nitrogen and oxygen atoms in total. The number of hydrogen-bond acceptors (Lipinski definition) is 6. The molecule has 0 saturated carbocycles. The van der Waals surface area contributed by atoms with E-state index in [0.29, 0.717) is 48.6 Å². The molecule has 4 aromatic rings. The van der Waals surface area contributed by atoms with Crippen LogP contribution in [0.15, 0.2) is 118 Å². The van der Waals surface area contributed by atoms with Gasteiger partial charge in [-0.3, -0.25) is 0 Å². The molecule has 2 aliphatic rings. The Kier molecular flexibility index (Phi) is 8.10. The largest absolute Gasteiger partial charge is 0.512 e. The average molecular weight is 645 g/mol. The van der Waals surface area contributed by atoms with Crippen LogP contribution < -0.4 is 10.0 Å². The summed E-state index contributed by atoms with van der Waals surface area (Å²) >= 11 is 3.53. The Labute approximate surface area is 253 Å². The number of nitrogens with zero attached hydrogens (tertiary/aromatic N) is 3. The minimum Gasteiger partial charge on any atom is -0.512 e. The Morgan fingerprint density at radius 1 is 1.07 bits per heavy atom. The van der Waals surface area contributed by atoms with Gasteiger partial charge in [0.25, 0.3) is 0 Å². The molecule has 2 aliphatic carbocycles. The Morgan fingerprint density at radius 3 is 2.64 bits per heavy atom. The molecule has 0 fully saturated rings. The van der Waals surface area contributed by atoms with Crippen molar-refractivity contribution < 1.29 is 13.5 Å². The van der Waals surface area contributed by atoms with Crippen LogP contribution >= 0.6 is 15.9 Å². The maximum atomic E-state index is 13.0. The van der Waals surface area contributed by atoms with E-state index in [2.05, 4.69) is 37.1 Å². The van der Waals surface area contributed by atoms with E-state index in [1.165, 1.54) is 0 Å². The summed E-state index contributed by atoms with van der Waals surface area (Å²) in [5.41, 5.74) is 5.17. The van der Waals surface area contributed by atoms with E-state index in [-0.39, 0.29) is 10.8 Å². The van der Waals surface area contributed by atoms with Crippen molar-refractivity contribution in [3.63, 3.8) is 0 Å². The predicted octanol–water partition coefficient (Wildman–Crippen LogP) is 6.67. The molecule has 1 atom stereocenters. The molecular formula is C32H30BrN5O3S. The van der Waals surface area contributed by atoms with Crippen LogP contribution in [0.3, 0.4) is 0 Å². The maximum Gasteiger partial charge on any atom is 0.240 e. The van der Waals surface area contributed by atoms with Gasteiger partial charge in [-0.25, -0.2) is 18.1 Å². The zero-order valence-electron chi connectivity index (χ0n) is 22.7. The van der Waals surface area contributed by atoms with Crippen molar-refractivity contribution in [3.05, 3.63) is 119 Å². The highest BCUT2D eigenvalue weighted by Crippen LogP contribution is 2.29. The molecule has 0 aliphatic heterocycles. The van der Waals surface area contributed by atoms with Gasteiger partial charge in [0.05, 0.1) is 21.3 Å². The Hall–Kier alpha value is -3.99. The third-order valence-electron chi connectivity index (χ3n) is 7.39. The maximum absolute atomic E-state index is 13.0. The quantitative estimate of drug-likeness (QED) is 0.188. The molecule has 0 amide bonds. The monoisotopic (exact) mass is 643 g/mol. The average Bonchev–Trinajstić information content (AvgIpc) is 3.40. The lowest BCUT2D eigenvalue weighted by Crippen LogP contribution is -2.30. The van der Waals surface area contributed by atoms with Gasteiger partial charge in [0, 0.05) is 31.1 Å². The lowest BCUT2D eigenvalue weighted by atomic mass is 9.94. The molecule has 42 heavy (non-hydrogen) atoms. The van der Waals surface area contributed by atoms with Gasteiger partial charge < -0.3 is 10.4 Å². The van der Waals surface area contributed by atoms with Crippen molar-refractivity contribution in [2.24, 2.45) is 5.92 Å². The van der Waals surface area contributed by atoms with Crippen molar-refractivity contribution in [1.82, 2.24) is 19.3 Å². The summed E-state index contributed by atoms with van der Waals surface area (Å²) < 4.78 is 31.3. The van der Waals surface area contributed by atoms with Crippen LogP contribution in [0.4, 0.5) is 5.82 Å². The summed E-state index contributed by atoms with van der Waals surface area (Å²) in [7, 11) is -3.65. The molecule has 10 heteroatoms. The van der Waals surface area contributed by atoms with Gasteiger partial charge in [0.1, 0.15) is 11.6 Å². The summed E-state index contributed by atoms with van der Waals surface area (Å²) in [6.07, 6.45) is 13.8. The molecular weight excluding hydrogens is 614 g/mol. The first-order valence-corrected chi connectivity index (χ1v) is 16.0. The van der Waals surface area contributed by atoms with Crippen LogP contribution in [-0.4, -0.2) is 41.2 Å². The minimum atomic E-state index is -3.65. The lowest BCUT2D eigenvalue weighted by Gasteiger charge is -2.20. The highest BCUT2D eigenvalue weighted by atomic mass is 79.9. The van der Waals surface area contributed by atoms with Gasteiger partial charge in [0.2, 0.25) is 10.0 Å². The van der Waals surface area contributed by atoms with Crippen LogP contribution in [0, 0.1) is 5.92 Å². The molecule has 1 unspecified atom stereocenters. The number of anilines is 1. The number of aliphatic hydroxyl groups excluding tert-OH is 1. The number of benzene rings is 2. The molecule has 0 saturated heterocycles. The van der Waals surface area contributed by atoms with Crippen molar-refractivity contribution in [3.8, 4) is 11.1 Å². The molecule has 214 valence electrons. The zero-order chi connectivity index (χ0) is 29.1. The molecule has 3 N–H and O–H groups in total. The van der Waals surface area contributed by atoms with Crippen LogP contribution in [-0.2, 0) is 10.0 Å². The van der Waals surface area contributed by atoms with E-state index < -0.39 is 10.0 Å². The Balaban J connectivity index is 1.10. The normalized spacial score (nSPS) is 17.1. The van der Waals surface area contributed by atoms with E-state index in [9.17, 15) is 13.5 Å². The molecule has 0 spiro atoms. The highest BCUT2D eigenvalue weighted by Gasteiger charge is 2.20. The second-order valence-corrected chi connectivity index (χ2v) is 12.9. The van der Waals surface area contributed by atoms with Crippen LogP contribution in [0.1, 0.15) is 25.0 Å². The lowest BCUT2D eigenvalue weighted by molar-refractivity contribution is 0.391. The number of aromatic nitrogens is 3. The number of halogens is 1. The number of sulfonamides is 1. The van der Waals surface area contributed by atoms with Crippen LogP contribution in [0.5, 0.6) is 0 Å². The number of rotatable bonds is 9. The van der Waals surface area contributed by atoms with Gasteiger partial charge in [-0.15, -0.1) is 0 Å². The second kappa shape index (κ2) is 12.1. The second-order valence-electron chi connectivity index (χ2n) is 10.3. The molecule has 2 aromatic carbocycles. The minimum absolute atomic E-state index is 0.0199. The van der Waals surface area contributed by atoms with Crippen molar-refractivity contribution in [2.75, 3.05) is 18.4 Å². The van der Waals surface area contributed by atoms with Gasteiger partial charge in [-0.2, -0.15) is 9.61 Å². The van der Waals surface area contributed by atoms with Gasteiger partial charge in [-0.05, 0) is 57.9 Å². The predicted molar refractivity (Wildman–Crippen MR) is 169 cm³/mol. The number of hydrogen-bond donors (Lipinski definition) is 3. The zero-order valence-corrected chi connectivity index (χ0v) is 25.1. The highest BCUT2D eigenvalue weighted by molar-refractivity contribution is 9.10. The number of fused-ring (bicyclic) bond motifs is 1. The third kappa shape index (κ3) is 6.11. The Morgan fingerprint density at radius 2 is 1.86 bits per heavy atom. The molecule has 0 bridgehead atoms. The van der Waals surface area contributed by atoms with Gasteiger partial charge in [0.15, 0.2) is 5.65 Å².